The summed E-state index contributed by atoms with van der Waals surface area (Å²) in [5.41, 5.74) is 7.39. The third-order valence-electron chi connectivity index (χ3n) is 9.87. The number of aliphatic hydroxyl groups is 2. The van der Waals surface area contributed by atoms with E-state index in [9.17, 15) is 19.8 Å². The van der Waals surface area contributed by atoms with E-state index in [4.69, 9.17) is 4.99 Å². The van der Waals surface area contributed by atoms with Crippen molar-refractivity contribution in [3.8, 4) is 22.4 Å². The predicted molar refractivity (Wildman–Crippen MR) is 189 cm³/mol. The molecule has 3 N–H and O–H groups in total. The minimum absolute atomic E-state index is 0.0426. The monoisotopic (exact) mass is 651 g/mol. The number of aliphatic imine (C=N–C) groups is 1. The topological polar surface area (TPSA) is 122 Å². The lowest BCUT2D eigenvalue weighted by atomic mass is 9.96. The van der Waals surface area contributed by atoms with Gasteiger partial charge < -0.3 is 25.0 Å². The van der Waals surface area contributed by atoms with Crippen LogP contribution in [-0.4, -0.2) is 78.8 Å². The van der Waals surface area contributed by atoms with Crippen molar-refractivity contribution in [2.75, 3.05) is 13.1 Å². The van der Waals surface area contributed by atoms with Gasteiger partial charge in [0.25, 0.3) is 11.8 Å². The molecule has 0 saturated carbocycles. The zero-order chi connectivity index (χ0) is 33.9. The SMILES string of the molecule is CC(C)C[C@H](O)C(=O)N1CCC[C@H]1C1=NC=C(c2ccc(-c3ccc(-c4cnc([C@@H]5CCCN5C(=O)[C@@H](O)CC(C)C)[nH]4)cc3)cc2)C1. The van der Waals surface area contributed by atoms with Crippen LogP contribution >= 0.6 is 0 Å². The Labute approximate surface area is 283 Å². The number of aromatic nitrogens is 2. The van der Waals surface area contributed by atoms with Gasteiger partial charge in [0.05, 0.1) is 24.0 Å². The summed E-state index contributed by atoms with van der Waals surface area (Å²) in [6.45, 7) is 9.36. The first-order valence-electron chi connectivity index (χ1n) is 17.6. The van der Waals surface area contributed by atoms with Crippen molar-refractivity contribution >= 4 is 23.1 Å². The number of benzene rings is 2. The van der Waals surface area contributed by atoms with Crippen LogP contribution in [0.3, 0.4) is 0 Å². The fourth-order valence-electron chi connectivity index (χ4n) is 7.37. The van der Waals surface area contributed by atoms with Crippen LogP contribution in [0.1, 0.15) is 90.1 Å². The smallest absolute Gasteiger partial charge is 0.252 e. The number of nitrogens with zero attached hydrogens (tertiary/aromatic N) is 4. The number of hydrogen-bond acceptors (Lipinski definition) is 6. The van der Waals surface area contributed by atoms with Crippen molar-refractivity contribution in [2.45, 2.75) is 96.9 Å². The number of rotatable bonds is 11. The zero-order valence-corrected chi connectivity index (χ0v) is 28.6. The first-order chi connectivity index (χ1) is 23.1. The summed E-state index contributed by atoms with van der Waals surface area (Å²) in [5, 5.41) is 20.9. The molecular weight excluding hydrogens is 602 g/mol. The number of nitrogens with one attached hydrogen (secondary N) is 1. The molecule has 4 heterocycles. The van der Waals surface area contributed by atoms with Crippen LogP contribution in [0.4, 0.5) is 0 Å². The molecule has 3 aliphatic rings. The Morgan fingerprint density at radius 2 is 1.27 bits per heavy atom. The molecule has 0 bridgehead atoms. The molecule has 9 heteroatoms. The van der Waals surface area contributed by atoms with Crippen LogP contribution in [0.15, 0.2) is 65.9 Å². The van der Waals surface area contributed by atoms with Crippen LogP contribution in [0, 0.1) is 11.8 Å². The molecule has 4 atom stereocenters. The Kier molecular flexibility index (Phi) is 10.3. The van der Waals surface area contributed by atoms with E-state index in [0.717, 1.165) is 70.7 Å². The summed E-state index contributed by atoms with van der Waals surface area (Å²) in [6, 6.07) is 16.7. The van der Waals surface area contributed by atoms with Crippen LogP contribution in [0.5, 0.6) is 0 Å². The first-order valence-corrected chi connectivity index (χ1v) is 17.6. The minimum Gasteiger partial charge on any atom is -0.383 e. The maximum atomic E-state index is 13.0. The highest BCUT2D eigenvalue weighted by Gasteiger charge is 2.37. The van der Waals surface area contributed by atoms with Gasteiger partial charge >= 0.3 is 0 Å². The van der Waals surface area contributed by atoms with Gasteiger partial charge in [0.2, 0.25) is 0 Å². The summed E-state index contributed by atoms with van der Waals surface area (Å²) in [7, 11) is 0. The Hall–Kier alpha value is -4.08. The van der Waals surface area contributed by atoms with Crippen LogP contribution in [-0.2, 0) is 9.59 Å². The highest BCUT2D eigenvalue weighted by Crippen LogP contribution is 2.34. The van der Waals surface area contributed by atoms with E-state index in [1.165, 1.54) is 0 Å². The molecule has 0 unspecified atom stereocenters. The van der Waals surface area contributed by atoms with Gasteiger partial charge in [-0.2, -0.15) is 0 Å². The fourth-order valence-corrected chi connectivity index (χ4v) is 7.37. The number of carbonyl (C=O) groups is 2. The van der Waals surface area contributed by atoms with Crippen LogP contribution in [0.2, 0.25) is 0 Å². The number of H-pyrrole nitrogens is 1. The number of likely N-dealkylation sites (tertiary alicyclic amines) is 2. The molecular formula is C39H49N5O4. The van der Waals surface area contributed by atoms with E-state index in [-0.39, 0.29) is 35.7 Å². The molecule has 2 amide bonds. The van der Waals surface area contributed by atoms with Gasteiger partial charge in [-0.15, -0.1) is 0 Å². The second-order valence-electron chi connectivity index (χ2n) is 14.5. The summed E-state index contributed by atoms with van der Waals surface area (Å²) >= 11 is 0. The number of amides is 2. The first kappa shape index (κ1) is 33.8. The van der Waals surface area contributed by atoms with E-state index in [1.807, 2.05) is 45.0 Å². The molecule has 3 aliphatic heterocycles. The van der Waals surface area contributed by atoms with Gasteiger partial charge in [-0.1, -0.05) is 76.2 Å². The average molecular weight is 652 g/mol. The molecule has 1 aromatic heterocycles. The lowest BCUT2D eigenvalue weighted by molar-refractivity contribution is -0.142. The molecule has 6 rings (SSSR count). The lowest BCUT2D eigenvalue weighted by Gasteiger charge is -2.28. The molecule has 2 aromatic carbocycles. The van der Waals surface area contributed by atoms with Crippen molar-refractivity contribution < 1.29 is 19.8 Å². The van der Waals surface area contributed by atoms with Crippen LogP contribution in [0.25, 0.3) is 28.0 Å². The number of aliphatic hydroxyl groups excluding tert-OH is 2. The molecule has 2 saturated heterocycles. The zero-order valence-electron chi connectivity index (χ0n) is 28.6. The third-order valence-corrected chi connectivity index (χ3v) is 9.87. The van der Waals surface area contributed by atoms with Crippen molar-refractivity contribution in [1.29, 1.82) is 0 Å². The molecule has 254 valence electrons. The van der Waals surface area contributed by atoms with Gasteiger partial charge in [-0.25, -0.2) is 4.98 Å². The highest BCUT2D eigenvalue weighted by atomic mass is 16.3. The Morgan fingerprint density at radius 1 is 0.771 bits per heavy atom. The number of aromatic amines is 1. The van der Waals surface area contributed by atoms with Gasteiger partial charge in [0.1, 0.15) is 18.0 Å². The van der Waals surface area contributed by atoms with E-state index < -0.39 is 12.2 Å². The molecule has 0 aliphatic carbocycles. The molecule has 0 spiro atoms. The van der Waals surface area contributed by atoms with Crippen molar-refractivity contribution in [2.24, 2.45) is 16.8 Å². The van der Waals surface area contributed by atoms with Gasteiger partial charge in [0.15, 0.2) is 0 Å². The molecule has 48 heavy (non-hydrogen) atoms. The quantitative estimate of drug-likeness (QED) is 0.222. The van der Waals surface area contributed by atoms with Crippen molar-refractivity contribution in [3.63, 3.8) is 0 Å². The number of allylic oxidation sites excluding steroid dienone is 1. The van der Waals surface area contributed by atoms with E-state index >= 15 is 0 Å². The van der Waals surface area contributed by atoms with Gasteiger partial charge in [0, 0.05) is 31.4 Å². The molecule has 2 fully saturated rings. The van der Waals surface area contributed by atoms with E-state index in [1.54, 1.807) is 4.90 Å². The molecule has 3 aromatic rings. The Morgan fingerprint density at radius 3 is 1.83 bits per heavy atom. The molecule has 0 radical (unpaired) electrons. The highest BCUT2D eigenvalue weighted by molar-refractivity contribution is 6.03. The van der Waals surface area contributed by atoms with Crippen molar-refractivity contribution in [1.82, 2.24) is 19.8 Å². The number of carbonyl (C=O) groups excluding carboxylic acids is 2. The maximum Gasteiger partial charge on any atom is 0.252 e. The van der Waals surface area contributed by atoms with Gasteiger partial charge in [-0.3, -0.25) is 14.6 Å². The lowest BCUT2D eigenvalue weighted by Crippen LogP contribution is -2.45. The molecule has 9 nitrogen and oxygen atoms in total. The van der Waals surface area contributed by atoms with E-state index in [0.29, 0.717) is 32.4 Å². The largest absolute Gasteiger partial charge is 0.383 e. The minimum atomic E-state index is -0.975. The standard InChI is InChI=1S/C39H49N5O4/c1-24(2)19-35(45)38(47)43-17-5-7-33(43)31-21-30(22-40-31)28-11-9-26(10-12-28)27-13-15-29(16-14-27)32-23-41-37(42-32)34-8-6-18-44(34)39(48)36(46)20-25(3)4/h9-16,22-25,33-36,45-46H,5-8,17-21H2,1-4H3,(H,41,42)/t33-,34-,35-,36-/m0/s1. The predicted octanol–water partition coefficient (Wildman–Crippen LogP) is 6.40. The van der Waals surface area contributed by atoms with E-state index in [2.05, 4.69) is 58.5 Å². The number of hydrogen-bond donors (Lipinski definition) is 3. The summed E-state index contributed by atoms with van der Waals surface area (Å²) in [5.74, 6) is 0.891. The average Bonchev–Trinajstić information content (AvgIpc) is 3.89. The van der Waals surface area contributed by atoms with Gasteiger partial charge in [-0.05, 0) is 78.2 Å². The Balaban J connectivity index is 1.06. The summed E-state index contributed by atoms with van der Waals surface area (Å²) in [4.78, 5) is 42.4. The Bertz CT molecular complexity index is 1660. The fraction of sp³-hybridized carbons (Fsp3) is 0.487. The normalized spacial score (nSPS) is 20.8. The van der Waals surface area contributed by atoms with Crippen LogP contribution < -0.4 is 0 Å². The van der Waals surface area contributed by atoms with Crippen molar-refractivity contribution in [3.05, 3.63) is 72.3 Å². The maximum absolute atomic E-state index is 13.0. The second-order valence-corrected chi connectivity index (χ2v) is 14.5. The second kappa shape index (κ2) is 14.6. The third kappa shape index (κ3) is 7.32. The number of imidazole rings is 1. The summed E-state index contributed by atoms with van der Waals surface area (Å²) < 4.78 is 0. The summed E-state index contributed by atoms with van der Waals surface area (Å²) in [6.07, 6.45) is 7.01.